The molecule has 0 aliphatic heterocycles. The van der Waals surface area contributed by atoms with Crippen LogP contribution >= 0.6 is 22.5 Å². The SMILES string of the molecule is C[SH](C)c1cc(Cl)c[nH]c1=O. The van der Waals surface area contributed by atoms with Crippen molar-refractivity contribution in [2.24, 2.45) is 0 Å². The number of rotatable bonds is 1. The lowest BCUT2D eigenvalue weighted by atomic mass is 10.5. The second-order valence-electron chi connectivity index (χ2n) is 2.43. The molecule has 0 aliphatic carbocycles. The third kappa shape index (κ3) is 2.01. The Balaban J connectivity index is 3.24. The quantitative estimate of drug-likeness (QED) is 0.651. The third-order valence-electron chi connectivity index (χ3n) is 1.33. The molecule has 0 saturated carbocycles. The van der Waals surface area contributed by atoms with Crippen LogP contribution in [0.1, 0.15) is 0 Å². The van der Waals surface area contributed by atoms with Crippen molar-refractivity contribution in [3.05, 3.63) is 27.6 Å². The maximum atomic E-state index is 11.1. The van der Waals surface area contributed by atoms with Crippen molar-refractivity contribution >= 4 is 22.5 Å². The first-order valence-corrected chi connectivity index (χ1v) is 5.78. The van der Waals surface area contributed by atoms with E-state index in [2.05, 4.69) is 4.98 Å². The maximum absolute atomic E-state index is 11.1. The minimum Gasteiger partial charge on any atom is -0.327 e. The Bertz CT molecular complexity index is 308. The molecule has 1 N–H and O–H groups in total. The molecule has 0 amide bonds. The molecule has 0 unspecified atom stereocenters. The molecule has 0 atom stereocenters. The summed E-state index contributed by atoms with van der Waals surface area (Å²) in [6.45, 7) is 0. The van der Waals surface area contributed by atoms with Crippen molar-refractivity contribution < 1.29 is 0 Å². The third-order valence-corrected chi connectivity index (χ3v) is 2.84. The normalized spacial score (nSPS) is 11.4. The molecule has 0 aliphatic rings. The van der Waals surface area contributed by atoms with Gasteiger partial charge in [0.05, 0.1) is 9.92 Å². The van der Waals surface area contributed by atoms with Crippen molar-refractivity contribution in [2.75, 3.05) is 12.5 Å². The lowest BCUT2D eigenvalue weighted by Gasteiger charge is -2.06. The minimum atomic E-state index is -0.361. The molecule has 1 rings (SSSR count). The van der Waals surface area contributed by atoms with E-state index in [9.17, 15) is 4.79 Å². The van der Waals surface area contributed by atoms with Crippen LogP contribution in [0.3, 0.4) is 0 Å². The molecule has 1 aromatic rings. The summed E-state index contributed by atoms with van der Waals surface area (Å²) in [4.78, 5) is 14.5. The zero-order chi connectivity index (χ0) is 8.43. The van der Waals surface area contributed by atoms with Crippen LogP contribution in [0.2, 0.25) is 5.02 Å². The van der Waals surface area contributed by atoms with Crippen LogP contribution in [0.15, 0.2) is 22.0 Å². The minimum absolute atomic E-state index is 0.0227. The Hall–Kier alpha value is -0.410. The van der Waals surface area contributed by atoms with E-state index in [0.29, 0.717) is 5.02 Å². The molecule has 0 fully saturated rings. The van der Waals surface area contributed by atoms with Gasteiger partial charge >= 0.3 is 0 Å². The van der Waals surface area contributed by atoms with Gasteiger partial charge in [0.25, 0.3) is 5.56 Å². The molecule has 1 aromatic heterocycles. The largest absolute Gasteiger partial charge is 0.327 e. The van der Waals surface area contributed by atoms with Crippen LogP contribution < -0.4 is 5.56 Å². The second kappa shape index (κ2) is 3.32. The molecule has 1 heterocycles. The van der Waals surface area contributed by atoms with Gasteiger partial charge in [0, 0.05) is 6.20 Å². The van der Waals surface area contributed by atoms with E-state index in [-0.39, 0.29) is 16.5 Å². The number of hydrogen-bond donors (Lipinski definition) is 2. The van der Waals surface area contributed by atoms with Crippen LogP contribution in [-0.2, 0) is 0 Å². The van der Waals surface area contributed by atoms with Gasteiger partial charge in [-0.25, -0.2) is 10.9 Å². The summed E-state index contributed by atoms with van der Waals surface area (Å²) in [5.41, 5.74) is -0.0227. The summed E-state index contributed by atoms with van der Waals surface area (Å²) in [5.74, 6) is 0. The van der Waals surface area contributed by atoms with E-state index >= 15 is 0 Å². The number of hydrogen-bond acceptors (Lipinski definition) is 1. The summed E-state index contributed by atoms with van der Waals surface area (Å²) in [6.07, 6.45) is 5.55. The van der Waals surface area contributed by atoms with Gasteiger partial charge in [-0.15, -0.1) is 0 Å². The van der Waals surface area contributed by atoms with E-state index in [0.717, 1.165) is 4.90 Å². The van der Waals surface area contributed by atoms with Crippen molar-refractivity contribution in [1.82, 2.24) is 4.98 Å². The summed E-state index contributed by atoms with van der Waals surface area (Å²) in [6, 6.07) is 1.73. The fourth-order valence-electron chi connectivity index (χ4n) is 0.778. The first kappa shape index (κ1) is 8.68. The number of aromatic nitrogens is 1. The molecule has 2 nitrogen and oxygen atoms in total. The lowest BCUT2D eigenvalue weighted by Crippen LogP contribution is -2.08. The molecule has 4 heteroatoms. The van der Waals surface area contributed by atoms with Crippen LogP contribution in [0, 0.1) is 0 Å². The summed E-state index contributed by atoms with van der Waals surface area (Å²) in [7, 11) is -0.361. The second-order valence-corrected chi connectivity index (χ2v) is 5.13. The van der Waals surface area contributed by atoms with Gasteiger partial charge in [0.1, 0.15) is 0 Å². The smallest absolute Gasteiger partial charge is 0.259 e. The van der Waals surface area contributed by atoms with E-state index < -0.39 is 0 Å². The Morgan fingerprint density at radius 1 is 1.55 bits per heavy atom. The van der Waals surface area contributed by atoms with Gasteiger partial charge in [-0.3, -0.25) is 4.79 Å². The molecular weight excluding hydrogens is 182 g/mol. The van der Waals surface area contributed by atoms with Crippen LogP contribution in [0.4, 0.5) is 0 Å². The number of thiol groups is 1. The molecule has 0 radical (unpaired) electrons. The van der Waals surface area contributed by atoms with Crippen LogP contribution in [0.5, 0.6) is 0 Å². The standard InChI is InChI=1S/C7H10ClNOS/c1-11(2)6-3-5(8)4-9-7(6)10/h3-4,11H,1-2H3,(H,9,10). The Morgan fingerprint density at radius 2 is 2.18 bits per heavy atom. The highest BCUT2D eigenvalue weighted by molar-refractivity contribution is 8.15. The first-order chi connectivity index (χ1) is 5.11. The van der Waals surface area contributed by atoms with Gasteiger partial charge in [-0.2, -0.15) is 0 Å². The van der Waals surface area contributed by atoms with Crippen molar-refractivity contribution in [3.8, 4) is 0 Å². The van der Waals surface area contributed by atoms with Gasteiger partial charge < -0.3 is 4.98 Å². The number of nitrogens with one attached hydrogen (secondary N) is 1. The van der Waals surface area contributed by atoms with Gasteiger partial charge in [0.2, 0.25) is 0 Å². The number of pyridine rings is 1. The highest BCUT2D eigenvalue weighted by atomic mass is 35.5. The van der Waals surface area contributed by atoms with E-state index in [1.54, 1.807) is 6.07 Å². The predicted octanol–water partition coefficient (Wildman–Crippen LogP) is 1.65. The molecule has 62 valence electrons. The molecule has 0 bridgehead atoms. The van der Waals surface area contributed by atoms with E-state index in [4.69, 9.17) is 11.6 Å². The van der Waals surface area contributed by atoms with Gasteiger partial charge in [0.15, 0.2) is 0 Å². The van der Waals surface area contributed by atoms with E-state index in [1.165, 1.54) is 6.20 Å². The first-order valence-electron chi connectivity index (χ1n) is 3.17. The Kier molecular flexibility index (Phi) is 2.62. The van der Waals surface area contributed by atoms with Gasteiger partial charge in [-0.1, -0.05) is 11.6 Å². The van der Waals surface area contributed by atoms with E-state index in [1.807, 2.05) is 12.5 Å². The lowest BCUT2D eigenvalue weighted by molar-refractivity contribution is 1.14. The molecule has 0 spiro atoms. The maximum Gasteiger partial charge on any atom is 0.259 e. The molecule has 0 saturated heterocycles. The van der Waals surface area contributed by atoms with Crippen molar-refractivity contribution in [2.45, 2.75) is 4.90 Å². The highest BCUT2D eigenvalue weighted by Gasteiger charge is 2.01. The number of halogens is 1. The average Bonchev–Trinajstić information content (AvgIpc) is 1.94. The summed E-state index contributed by atoms with van der Waals surface area (Å²) in [5, 5.41) is 0.593. The fraction of sp³-hybridized carbons (Fsp3) is 0.286. The molecule has 11 heavy (non-hydrogen) atoms. The zero-order valence-corrected chi connectivity index (χ0v) is 8.04. The summed E-state index contributed by atoms with van der Waals surface area (Å²) < 4.78 is 0. The highest BCUT2D eigenvalue weighted by Crippen LogP contribution is 2.25. The molecule has 0 aromatic carbocycles. The van der Waals surface area contributed by atoms with Crippen LogP contribution in [0.25, 0.3) is 0 Å². The monoisotopic (exact) mass is 191 g/mol. The Labute approximate surface area is 72.9 Å². The zero-order valence-electron chi connectivity index (χ0n) is 6.39. The predicted molar refractivity (Wildman–Crippen MR) is 51.2 cm³/mol. The molecular formula is C7H10ClNOS. The van der Waals surface area contributed by atoms with Crippen molar-refractivity contribution in [3.63, 3.8) is 0 Å². The Morgan fingerprint density at radius 3 is 2.64 bits per heavy atom. The average molecular weight is 192 g/mol. The number of H-pyrrole nitrogens is 1. The van der Waals surface area contributed by atoms with Crippen molar-refractivity contribution in [1.29, 1.82) is 0 Å². The van der Waals surface area contributed by atoms with Gasteiger partial charge in [-0.05, 0) is 18.6 Å². The summed E-state index contributed by atoms with van der Waals surface area (Å²) >= 11 is 5.70. The number of aromatic amines is 1. The fourth-order valence-corrected chi connectivity index (χ4v) is 1.89. The topological polar surface area (TPSA) is 32.9 Å². The van der Waals surface area contributed by atoms with Crippen LogP contribution in [-0.4, -0.2) is 17.5 Å².